The highest BCUT2D eigenvalue weighted by atomic mass is 19.4. The molecule has 0 unspecified atom stereocenters. The molecular weight excluding hydrogens is 1760 g/mol. The number of aldehydes is 10. The summed E-state index contributed by atoms with van der Waals surface area (Å²) in [4.78, 5) is 151. The number of pyridine rings is 10. The largest absolute Gasteiger partial charge is 0.506 e. The number of benzene rings is 4. The normalized spacial score (nSPS) is 9.95. The second-order valence-corrected chi connectivity index (χ2v) is 29.2. The fraction of sp³-hybridized carbons (Fsp3) is 0.213. The number of carboxylic acid groups (broad SMARTS) is 1. The van der Waals surface area contributed by atoms with Gasteiger partial charge < -0.3 is 62.9 Å². The predicted molar refractivity (Wildman–Crippen MR) is 513 cm³/mol. The Kier molecular flexibility index (Phi) is 55.2. The minimum Gasteiger partial charge on any atom is -0.506 e. The molecule has 0 aliphatic heterocycles. The summed E-state index contributed by atoms with van der Waals surface area (Å²) in [6.07, 6.45) is 34.3. The number of methoxy groups -OCH3 is 1. The van der Waals surface area contributed by atoms with E-state index in [0.717, 1.165) is 179 Å². The van der Waals surface area contributed by atoms with Crippen LogP contribution in [0.4, 0.5) is 22.0 Å². The molecule has 0 aliphatic carbocycles. The Hall–Kier alpha value is -16.2. The molecule has 0 fully saturated rings. The summed E-state index contributed by atoms with van der Waals surface area (Å²) in [5.41, 5.74) is 17.3. The van der Waals surface area contributed by atoms with E-state index in [1.807, 2.05) is 141 Å². The number of aromatic hydroxyl groups is 1. The van der Waals surface area contributed by atoms with E-state index in [9.17, 15) is 74.7 Å². The zero-order chi connectivity index (χ0) is 99.2. The van der Waals surface area contributed by atoms with Crippen LogP contribution in [0.25, 0.3) is 44.5 Å². The second kappa shape index (κ2) is 67.9. The molecule has 0 aliphatic rings. The second-order valence-electron chi connectivity index (χ2n) is 29.2. The van der Waals surface area contributed by atoms with Crippen LogP contribution in [-0.2, 0) is 118 Å². The first-order chi connectivity index (χ1) is 66.6. The first kappa shape index (κ1) is 111. The summed E-state index contributed by atoms with van der Waals surface area (Å²) >= 11 is 0. The molecule has 0 radical (unpaired) electrons. The number of ether oxygens (including phenoxy) is 1. The molecule has 10 aromatic heterocycles. The highest BCUT2D eigenvalue weighted by molar-refractivity contribution is 5.86. The summed E-state index contributed by atoms with van der Waals surface area (Å²) in [6.45, 7) is 1.98. The van der Waals surface area contributed by atoms with Crippen molar-refractivity contribution in [2.45, 2.75) is 142 Å². The number of nitrogens with zero attached hydrogens (tertiary/aromatic N) is 10. The monoisotopic (exact) mass is 1860 g/mol. The van der Waals surface area contributed by atoms with Gasteiger partial charge >= 0.3 is 12.1 Å². The molecule has 24 nitrogen and oxygen atoms in total. The van der Waals surface area contributed by atoms with Gasteiger partial charge in [0.2, 0.25) is 11.8 Å². The Morgan fingerprint density at radius 3 is 1.14 bits per heavy atom. The van der Waals surface area contributed by atoms with Crippen molar-refractivity contribution in [1.82, 2.24) is 49.8 Å². The van der Waals surface area contributed by atoms with E-state index < -0.39 is 23.8 Å². The van der Waals surface area contributed by atoms with Crippen molar-refractivity contribution < 1.29 is 89.6 Å². The van der Waals surface area contributed by atoms with Crippen LogP contribution < -0.4 is 4.74 Å². The van der Waals surface area contributed by atoms with E-state index in [4.69, 9.17) is 14.9 Å². The molecule has 10 heterocycles. The predicted octanol–water partition coefficient (Wildman–Crippen LogP) is 19.8. The SMILES string of the molecule is COc1ccc(-c2cccc(CCC=O)c2)cn1.Cc1ccc(-c2cccc(CCC=O)c2)cn1.O=CCCc1ccc(O)cn1.O=CCCc1cccc(-c2ccc(C(=O)O)nc2)c1.O=CCCc1cccc(-c2ccc(C(F)(F)F)nc2)c1.O=CCCc1cccc(F)n1.O=CCCc1ccccn1.O=CCCc1cccnc1.O=CCCc1ccncc1.O=CCCc1ncccc1F. The number of alkyl halides is 3. The molecule has 29 heteroatoms. The summed E-state index contributed by atoms with van der Waals surface area (Å²) in [5.74, 6) is -1.11. The minimum absolute atomic E-state index is 0.0286. The molecule has 0 spiro atoms. The van der Waals surface area contributed by atoms with Crippen LogP contribution in [0.5, 0.6) is 11.6 Å². The lowest BCUT2D eigenvalue weighted by Crippen LogP contribution is -2.07. The van der Waals surface area contributed by atoms with Crippen molar-refractivity contribution in [2.75, 3.05) is 7.11 Å². The van der Waals surface area contributed by atoms with Gasteiger partial charge in [0, 0.05) is 177 Å². The maximum Gasteiger partial charge on any atom is 0.433 e. The van der Waals surface area contributed by atoms with Gasteiger partial charge in [0.25, 0.3) is 0 Å². The number of carboxylic acids is 1. The molecule has 14 aromatic rings. The van der Waals surface area contributed by atoms with Gasteiger partial charge in [0.05, 0.1) is 19.0 Å². The third-order valence-electron chi connectivity index (χ3n) is 18.9. The average molecular weight is 1860 g/mol. The minimum atomic E-state index is -4.43. The van der Waals surface area contributed by atoms with Gasteiger partial charge in [-0.15, -0.1) is 0 Å². The van der Waals surface area contributed by atoms with Gasteiger partial charge in [-0.3, -0.25) is 34.9 Å². The summed E-state index contributed by atoms with van der Waals surface area (Å²) in [6, 6.07) is 69.1. The third-order valence-corrected chi connectivity index (χ3v) is 18.9. The number of rotatable bonds is 36. The van der Waals surface area contributed by atoms with Crippen LogP contribution in [0.1, 0.15) is 142 Å². The van der Waals surface area contributed by atoms with Crippen molar-refractivity contribution in [3.63, 3.8) is 0 Å². The van der Waals surface area contributed by atoms with E-state index in [-0.39, 0.29) is 17.3 Å². The maximum absolute atomic E-state index is 12.7. The first-order valence-corrected chi connectivity index (χ1v) is 43.5. The zero-order valence-corrected chi connectivity index (χ0v) is 75.9. The lowest BCUT2D eigenvalue weighted by atomic mass is 10.0. The molecule has 0 saturated heterocycles. The van der Waals surface area contributed by atoms with Crippen LogP contribution in [0.2, 0.25) is 0 Å². The summed E-state index contributed by atoms with van der Waals surface area (Å²) in [7, 11) is 1.60. The number of halogens is 5. The van der Waals surface area contributed by atoms with Crippen molar-refractivity contribution in [3.8, 4) is 56.1 Å². The van der Waals surface area contributed by atoms with Crippen LogP contribution in [-0.4, -0.2) is 136 Å². The first-order valence-electron chi connectivity index (χ1n) is 43.5. The van der Waals surface area contributed by atoms with E-state index in [2.05, 4.69) is 80.2 Å². The number of carbonyl (C=O) groups excluding carboxylic acids is 10. The third kappa shape index (κ3) is 47.6. The quantitative estimate of drug-likeness (QED) is 0.0209. The van der Waals surface area contributed by atoms with Crippen molar-refractivity contribution >= 4 is 68.8 Å². The smallest absolute Gasteiger partial charge is 0.433 e. The topological polar surface area (TPSA) is 366 Å². The highest BCUT2D eigenvalue weighted by Crippen LogP contribution is 2.30. The number of carbonyl (C=O) groups is 11. The standard InChI is InChI=1S/C15H12F3NO.C15H13NO3.C15H15NO2.C15H15NO.2C8H8FNO.C8H9NO2.3C8H9NO/c16-15(17,18)14-7-6-13(10-19-14)12-5-1-3-11(9-12)4-2-8-20;17-8-2-4-11-3-1-5-12(9-11)13-6-7-14(15(18)19)16-10-13;1-18-15-8-7-14(11-16-15)13-6-2-4-12(10-13)5-3-9-17;1-12-7-8-15(11-16-12)14-6-2-4-13(10-14)5-3-9-17;9-7-3-1-5-10-8(7)4-2-6-11;9-8-5-1-3-7(10-8)4-2-6-11;10-5-1-2-7-3-4-8(11)6-9-7;10-6-2-4-8-3-1-5-9-7-8;10-7-1-2-8-3-5-9-6-4-8;10-7-3-5-8-4-1-2-6-9-8/h1,3,5-10H,2,4H2;1,3,5-10H,2,4H2,(H,18,19);2,4,6-11H,3,5H2,1H3;2,4,6-11H,3,5H2,1H3;2*1,3,5-6H,2,4H2;3-6,11H,1-2H2;1,3,5-7H,2,4H2;3-7H,1-2H2;1-2,4,6-7H,3,5H2. The van der Waals surface area contributed by atoms with Crippen LogP contribution in [0.15, 0.2) is 299 Å². The molecule has 2 N–H and O–H groups in total. The summed E-state index contributed by atoms with van der Waals surface area (Å²) in [5, 5.41) is 17.6. The van der Waals surface area contributed by atoms with Gasteiger partial charge in [-0.1, -0.05) is 133 Å². The number of aromatic carboxylic acids is 1. The Labute approximate surface area is 792 Å². The van der Waals surface area contributed by atoms with Gasteiger partial charge in [0.1, 0.15) is 85.8 Å². The van der Waals surface area contributed by atoms with Crippen LogP contribution in [0, 0.1) is 18.7 Å². The van der Waals surface area contributed by atoms with E-state index >= 15 is 0 Å². The molecule has 708 valence electrons. The number of hydrogen-bond acceptors (Lipinski definition) is 23. The van der Waals surface area contributed by atoms with Gasteiger partial charge in [-0.05, 0) is 218 Å². The lowest BCUT2D eigenvalue weighted by Gasteiger charge is -2.07. The van der Waals surface area contributed by atoms with Crippen molar-refractivity contribution in [1.29, 1.82) is 0 Å². The maximum atomic E-state index is 12.7. The molecule has 4 aromatic carbocycles. The zero-order valence-electron chi connectivity index (χ0n) is 75.9. The van der Waals surface area contributed by atoms with E-state index in [1.54, 1.807) is 86.9 Å². The molecule has 0 saturated carbocycles. The van der Waals surface area contributed by atoms with Crippen molar-refractivity contribution in [2.24, 2.45) is 0 Å². The molecule has 0 atom stereocenters. The Bertz CT molecular complexity index is 5730. The summed E-state index contributed by atoms with van der Waals surface area (Å²) < 4.78 is 67.5. The number of hydrogen-bond donors (Lipinski definition) is 2. The molecule has 14 rings (SSSR count). The van der Waals surface area contributed by atoms with Crippen molar-refractivity contribution in [3.05, 3.63) is 384 Å². The molecule has 0 amide bonds. The Morgan fingerprint density at radius 2 is 0.745 bits per heavy atom. The highest BCUT2D eigenvalue weighted by Gasteiger charge is 2.32. The lowest BCUT2D eigenvalue weighted by molar-refractivity contribution is -0.141. The molecule has 137 heavy (non-hydrogen) atoms. The number of aromatic nitrogens is 10. The van der Waals surface area contributed by atoms with Gasteiger partial charge in [-0.25, -0.2) is 24.1 Å². The van der Waals surface area contributed by atoms with E-state index in [1.165, 1.54) is 60.0 Å². The Morgan fingerprint density at radius 1 is 0.328 bits per heavy atom. The number of aryl methyl sites for hydroxylation is 11. The van der Waals surface area contributed by atoms with Crippen LogP contribution >= 0.6 is 0 Å². The average Bonchev–Trinajstić information content (AvgIpc) is 0.838. The van der Waals surface area contributed by atoms with Gasteiger partial charge in [0.15, 0.2) is 0 Å². The molecular formula is C108H107F5N10O14. The Balaban J connectivity index is 0.000000272. The fourth-order valence-electron chi connectivity index (χ4n) is 11.9. The van der Waals surface area contributed by atoms with E-state index in [0.29, 0.717) is 119 Å². The fourth-order valence-corrected chi connectivity index (χ4v) is 11.9. The van der Waals surface area contributed by atoms with Gasteiger partial charge in [-0.2, -0.15) is 17.6 Å². The molecule has 0 bridgehead atoms. The van der Waals surface area contributed by atoms with Crippen LogP contribution in [0.3, 0.4) is 0 Å².